The first kappa shape index (κ1) is 16.9. The van der Waals surface area contributed by atoms with Gasteiger partial charge in [0.1, 0.15) is 6.33 Å². The van der Waals surface area contributed by atoms with Gasteiger partial charge in [0.15, 0.2) is 0 Å². The standard InChI is InChI=1S/C19H26N6O2/c26-9-8-24-12-19(6-4-17(24)27)5-1-7-23(11-19)16-10-15(14-2-3-14)22-25-13-20-21-18(16)25/h10,13-14,26H,1-9,11-12H2. The molecule has 3 aliphatic rings. The van der Waals surface area contributed by atoms with E-state index in [2.05, 4.69) is 26.3 Å². The minimum absolute atomic E-state index is 0.0288. The normalized spacial score (nSPS) is 26.3. The van der Waals surface area contributed by atoms with Crippen LogP contribution in [-0.4, -0.2) is 68.5 Å². The van der Waals surface area contributed by atoms with Crippen molar-refractivity contribution in [2.24, 2.45) is 5.41 Å². The molecule has 3 fully saturated rings. The zero-order chi connectivity index (χ0) is 18.4. The Labute approximate surface area is 158 Å². The van der Waals surface area contributed by atoms with Crippen LogP contribution in [0.25, 0.3) is 5.65 Å². The van der Waals surface area contributed by atoms with Crippen LogP contribution in [0.2, 0.25) is 0 Å². The van der Waals surface area contributed by atoms with E-state index in [0.717, 1.165) is 55.9 Å². The van der Waals surface area contributed by atoms with E-state index in [1.54, 1.807) is 6.33 Å². The predicted octanol–water partition coefficient (Wildman–Crippen LogP) is 1.20. The van der Waals surface area contributed by atoms with E-state index >= 15 is 0 Å². The van der Waals surface area contributed by atoms with Crippen molar-refractivity contribution in [2.45, 2.75) is 44.4 Å². The predicted molar refractivity (Wildman–Crippen MR) is 99.5 cm³/mol. The second-order valence-electron chi connectivity index (χ2n) is 8.39. The van der Waals surface area contributed by atoms with Crippen LogP contribution in [0.5, 0.6) is 0 Å². The molecule has 0 bridgehead atoms. The average molecular weight is 370 g/mol. The molecule has 1 amide bonds. The Kier molecular flexibility index (Phi) is 4.03. The van der Waals surface area contributed by atoms with Crippen LogP contribution in [0, 0.1) is 5.41 Å². The molecule has 144 valence electrons. The zero-order valence-corrected chi connectivity index (χ0v) is 15.5. The number of hydrogen-bond acceptors (Lipinski definition) is 6. The molecule has 1 saturated carbocycles. The number of anilines is 1. The highest BCUT2D eigenvalue weighted by molar-refractivity contribution is 5.77. The number of aromatic nitrogens is 4. The Bertz CT molecular complexity index is 863. The Hall–Kier alpha value is -2.22. The summed E-state index contributed by atoms with van der Waals surface area (Å²) in [5.41, 5.74) is 3.17. The second-order valence-corrected chi connectivity index (χ2v) is 8.39. The number of likely N-dealkylation sites (tertiary alicyclic amines) is 1. The summed E-state index contributed by atoms with van der Waals surface area (Å²) >= 11 is 0. The molecule has 2 saturated heterocycles. The number of β-amino-alcohol motifs (C(OH)–C–C–N with tert-alkyl or cyclic N) is 1. The summed E-state index contributed by atoms with van der Waals surface area (Å²) in [7, 11) is 0. The molecule has 2 aliphatic heterocycles. The van der Waals surface area contributed by atoms with Gasteiger partial charge in [0.2, 0.25) is 11.6 Å². The maximum Gasteiger partial charge on any atom is 0.222 e. The molecule has 0 radical (unpaired) electrons. The van der Waals surface area contributed by atoms with Crippen molar-refractivity contribution in [3.63, 3.8) is 0 Å². The fourth-order valence-electron chi connectivity index (χ4n) is 4.81. The Morgan fingerprint density at radius 3 is 2.96 bits per heavy atom. The molecule has 8 heteroatoms. The van der Waals surface area contributed by atoms with E-state index < -0.39 is 0 Å². The van der Waals surface area contributed by atoms with Crippen LogP contribution in [0.1, 0.15) is 50.1 Å². The molecule has 0 aromatic carbocycles. The minimum Gasteiger partial charge on any atom is -0.395 e. The molecule has 2 aromatic heterocycles. The molecule has 5 rings (SSSR count). The van der Waals surface area contributed by atoms with E-state index in [-0.39, 0.29) is 17.9 Å². The third-order valence-corrected chi connectivity index (χ3v) is 6.38. The average Bonchev–Trinajstić information content (AvgIpc) is 3.42. The first-order chi connectivity index (χ1) is 13.2. The van der Waals surface area contributed by atoms with Gasteiger partial charge < -0.3 is 14.9 Å². The lowest BCUT2D eigenvalue weighted by molar-refractivity contribution is -0.138. The maximum absolute atomic E-state index is 12.2. The topological polar surface area (TPSA) is 86.9 Å². The summed E-state index contributed by atoms with van der Waals surface area (Å²) in [6, 6.07) is 2.21. The third kappa shape index (κ3) is 3.05. The Morgan fingerprint density at radius 1 is 1.26 bits per heavy atom. The number of rotatable bonds is 4. The van der Waals surface area contributed by atoms with Crippen LogP contribution >= 0.6 is 0 Å². The summed E-state index contributed by atoms with van der Waals surface area (Å²) in [4.78, 5) is 16.5. The number of amides is 1. The molecule has 1 unspecified atom stereocenters. The van der Waals surface area contributed by atoms with Crippen molar-refractivity contribution in [1.82, 2.24) is 24.7 Å². The molecule has 1 atom stereocenters. The lowest BCUT2D eigenvalue weighted by atomic mass is 9.73. The van der Waals surface area contributed by atoms with Crippen molar-refractivity contribution in [3.05, 3.63) is 18.1 Å². The van der Waals surface area contributed by atoms with Gasteiger partial charge in [-0.15, -0.1) is 10.2 Å². The number of carbonyl (C=O) groups excluding carboxylic acids is 1. The quantitative estimate of drug-likeness (QED) is 0.870. The third-order valence-electron chi connectivity index (χ3n) is 6.38. The van der Waals surface area contributed by atoms with Crippen LogP contribution in [0.15, 0.2) is 12.4 Å². The smallest absolute Gasteiger partial charge is 0.222 e. The molecule has 1 N–H and O–H groups in total. The Morgan fingerprint density at radius 2 is 2.15 bits per heavy atom. The molecule has 4 heterocycles. The lowest BCUT2D eigenvalue weighted by Gasteiger charge is -2.48. The van der Waals surface area contributed by atoms with Crippen molar-refractivity contribution < 1.29 is 9.90 Å². The number of aliphatic hydroxyl groups excluding tert-OH is 1. The number of nitrogens with zero attached hydrogens (tertiary/aromatic N) is 6. The number of piperidine rings is 2. The van der Waals surface area contributed by atoms with Gasteiger partial charge >= 0.3 is 0 Å². The van der Waals surface area contributed by atoms with Gasteiger partial charge in [0.25, 0.3) is 0 Å². The number of carbonyl (C=O) groups is 1. The highest BCUT2D eigenvalue weighted by Gasteiger charge is 2.42. The highest BCUT2D eigenvalue weighted by Crippen LogP contribution is 2.43. The second kappa shape index (κ2) is 6.44. The van der Waals surface area contributed by atoms with Crippen LogP contribution in [0.3, 0.4) is 0 Å². The molecule has 1 aliphatic carbocycles. The summed E-state index contributed by atoms with van der Waals surface area (Å²) in [5, 5.41) is 22.4. The molecule has 8 nitrogen and oxygen atoms in total. The van der Waals surface area contributed by atoms with Crippen molar-refractivity contribution in [1.29, 1.82) is 0 Å². The summed E-state index contributed by atoms with van der Waals surface area (Å²) in [6.07, 6.45) is 7.84. The van der Waals surface area contributed by atoms with Crippen molar-refractivity contribution >= 4 is 17.2 Å². The Balaban J connectivity index is 1.45. The van der Waals surface area contributed by atoms with E-state index in [1.165, 1.54) is 12.8 Å². The maximum atomic E-state index is 12.2. The first-order valence-corrected chi connectivity index (χ1v) is 10.0. The van der Waals surface area contributed by atoms with Gasteiger partial charge in [-0.3, -0.25) is 4.79 Å². The first-order valence-electron chi connectivity index (χ1n) is 10.0. The lowest BCUT2D eigenvalue weighted by Crippen LogP contribution is -2.54. The van der Waals surface area contributed by atoms with Gasteiger partial charge in [-0.1, -0.05) is 0 Å². The van der Waals surface area contributed by atoms with E-state index in [0.29, 0.717) is 18.9 Å². The fourth-order valence-corrected chi connectivity index (χ4v) is 4.81. The summed E-state index contributed by atoms with van der Waals surface area (Å²) < 4.78 is 1.81. The van der Waals surface area contributed by atoms with Gasteiger partial charge in [0.05, 0.1) is 18.0 Å². The highest BCUT2D eigenvalue weighted by atomic mass is 16.3. The minimum atomic E-state index is 0.0288. The van der Waals surface area contributed by atoms with Crippen molar-refractivity contribution in [3.8, 4) is 0 Å². The number of fused-ring (bicyclic) bond motifs is 1. The molecular formula is C19H26N6O2. The largest absolute Gasteiger partial charge is 0.395 e. The van der Waals surface area contributed by atoms with Gasteiger partial charge in [-0.2, -0.15) is 9.61 Å². The van der Waals surface area contributed by atoms with Crippen LogP contribution in [0.4, 0.5) is 5.69 Å². The van der Waals surface area contributed by atoms with E-state index in [9.17, 15) is 9.90 Å². The van der Waals surface area contributed by atoms with Crippen molar-refractivity contribution in [2.75, 3.05) is 37.7 Å². The van der Waals surface area contributed by atoms with Crippen LogP contribution in [-0.2, 0) is 4.79 Å². The molecule has 1 spiro atoms. The SMILES string of the molecule is O=C1CCC2(CCCN(c3cc(C4CC4)nn4cnnc34)C2)CN1CCO. The summed E-state index contributed by atoms with van der Waals surface area (Å²) in [6.45, 7) is 3.12. The number of aliphatic hydroxyl groups is 1. The van der Waals surface area contributed by atoms with Crippen LogP contribution < -0.4 is 4.90 Å². The molecular weight excluding hydrogens is 344 g/mol. The van der Waals surface area contributed by atoms with Gasteiger partial charge in [0, 0.05) is 43.9 Å². The summed E-state index contributed by atoms with van der Waals surface area (Å²) in [5.74, 6) is 0.744. The van der Waals surface area contributed by atoms with Gasteiger partial charge in [-0.25, -0.2) is 0 Å². The monoisotopic (exact) mass is 370 g/mol. The molecule has 27 heavy (non-hydrogen) atoms. The van der Waals surface area contributed by atoms with E-state index in [4.69, 9.17) is 0 Å². The number of hydrogen-bond donors (Lipinski definition) is 1. The van der Waals surface area contributed by atoms with E-state index in [1.807, 2.05) is 9.42 Å². The fraction of sp³-hybridized carbons (Fsp3) is 0.684. The molecule has 2 aromatic rings. The zero-order valence-electron chi connectivity index (χ0n) is 15.5. The van der Waals surface area contributed by atoms with Gasteiger partial charge in [-0.05, 0) is 38.2 Å².